The Hall–Kier alpha value is -3.06. The molecule has 0 atom stereocenters. The summed E-state index contributed by atoms with van der Waals surface area (Å²) < 4.78 is 7.32. The first-order valence-corrected chi connectivity index (χ1v) is 9.72. The number of thioether (sulfide) groups is 1. The van der Waals surface area contributed by atoms with Crippen LogP contribution in [-0.4, -0.2) is 27.4 Å². The lowest BCUT2D eigenvalue weighted by atomic mass is 10.2. The summed E-state index contributed by atoms with van der Waals surface area (Å²) in [5, 5.41) is 4.46. The second kappa shape index (κ2) is 8.75. The zero-order valence-electron chi connectivity index (χ0n) is 15.7. The molecule has 0 aliphatic heterocycles. The second-order valence-corrected chi connectivity index (χ2v) is 7.35. The van der Waals surface area contributed by atoms with E-state index in [9.17, 15) is 9.59 Å². The van der Waals surface area contributed by atoms with Crippen molar-refractivity contribution in [3.8, 4) is 5.69 Å². The van der Waals surface area contributed by atoms with E-state index in [1.54, 1.807) is 24.3 Å². The molecule has 1 aromatic heterocycles. The van der Waals surface area contributed by atoms with Crippen LogP contribution >= 0.6 is 11.8 Å². The van der Waals surface area contributed by atoms with Gasteiger partial charge in [-0.25, -0.2) is 9.48 Å². The first kappa shape index (κ1) is 19.7. The number of rotatable bonds is 7. The monoisotopic (exact) mass is 395 g/mol. The molecule has 0 fully saturated rings. The number of esters is 1. The number of carbonyl (C=O) groups is 2. The molecular formula is C21H21N3O3S. The van der Waals surface area contributed by atoms with E-state index in [4.69, 9.17) is 10.5 Å². The van der Waals surface area contributed by atoms with Crippen LogP contribution in [0, 0.1) is 13.8 Å². The van der Waals surface area contributed by atoms with Crippen LogP contribution in [0.4, 0.5) is 0 Å². The minimum atomic E-state index is -0.435. The number of primary amides is 1. The van der Waals surface area contributed by atoms with Gasteiger partial charge in [0.25, 0.3) is 0 Å². The molecule has 0 spiro atoms. The fourth-order valence-electron chi connectivity index (χ4n) is 2.76. The molecule has 0 saturated heterocycles. The van der Waals surface area contributed by atoms with E-state index in [1.807, 2.05) is 48.9 Å². The van der Waals surface area contributed by atoms with Gasteiger partial charge in [-0.05, 0) is 49.7 Å². The second-order valence-electron chi connectivity index (χ2n) is 6.33. The topological polar surface area (TPSA) is 87.2 Å². The molecule has 2 N–H and O–H groups in total. The largest absolute Gasteiger partial charge is 0.457 e. The molecular weight excluding hydrogens is 374 g/mol. The summed E-state index contributed by atoms with van der Waals surface area (Å²) in [5.74, 6) is -0.760. The number of benzene rings is 2. The molecule has 1 heterocycles. The Labute approximate surface area is 167 Å². The molecule has 0 bridgehead atoms. The molecule has 3 aromatic rings. The van der Waals surface area contributed by atoms with Crippen LogP contribution in [0.15, 0.2) is 59.5 Å². The number of hydrogen-bond acceptors (Lipinski definition) is 5. The van der Waals surface area contributed by atoms with Crippen LogP contribution in [0.5, 0.6) is 0 Å². The Bertz CT molecular complexity index is 996. The third-order valence-corrected chi connectivity index (χ3v) is 5.13. The van der Waals surface area contributed by atoms with Crippen LogP contribution in [0.3, 0.4) is 0 Å². The van der Waals surface area contributed by atoms with Crippen molar-refractivity contribution in [1.82, 2.24) is 9.78 Å². The average molecular weight is 395 g/mol. The average Bonchev–Trinajstić information content (AvgIpc) is 3.03. The fraction of sp³-hybridized carbons (Fsp3) is 0.190. The van der Waals surface area contributed by atoms with Crippen molar-refractivity contribution in [1.29, 1.82) is 0 Å². The van der Waals surface area contributed by atoms with Gasteiger partial charge in [0.15, 0.2) is 0 Å². The van der Waals surface area contributed by atoms with Crippen molar-refractivity contribution in [2.75, 3.05) is 5.75 Å². The Balaban J connectivity index is 1.65. The van der Waals surface area contributed by atoms with Gasteiger partial charge in [0.1, 0.15) is 6.61 Å². The van der Waals surface area contributed by atoms with Gasteiger partial charge < -0.3 is 10.5 Å². The summed E-state index contributed by atoms with van der Waals surface area (Å²) in [6.45, 7) is 4.12. The van der Waals surface area contributed by atoms with Gasteiger partial charge in [-0.3, -0.25) is 4.79 Å². The molecule has 0 saturated carbocycles. The Morgan fingerprint density at radius 1 is 1.11 bits per heavy atom. The number of nitrogens with two attached hydrogens (primary N) is 1. The lowest BCUT2D eigenvalue weighted by molar-refractivity contribution is -0.115. The third-order valence-electron chi connectivity index (χ3n) is 4.04. The molecule has 3 rings (SSSR count). The van der Waals surface area contributed by atoms with Crippen LogP contribution in [0.1, 0.15) is 27.3 Å². The minimum absolute atomic E-state index is 0.109. The molecule has 0 unspecified atom stereocenters. The maximum atomic E-state index is 12.5. The number of aryl methyl sites for hydroxylation is 2. The molecule has 0 radical (unpaired) electrons. The standard InChI is InChI=1S/C21H21N3O3S/c1-14-11-15(2)24(23-14)17-9-7-16(8-10-17)12-27-21(26)18-5-3-4-6-19(18)28-13-20(22)25/h3-11H,12-13H2,1-2H3,(H2,22,25). The van der Waals surface area contributed by atoms with Crippen molar-refractivity contribution < 1.29 is 14.3 Å². The predicted octanol–water partition coefficient (Wildman–Crippen LogP) is 3.42. The van der Waals surface area contributed by atoms with Crippen LogP contribution < -0.4 is 5.73 Å². The van der Waals surface area contributed by atoms with Crippen molar-refractivity contribution in [2.45, 2.75) is 25.3 Å². The van der Waals surface area contributed by atoms with Gasteiger partial charge in [-0.2, -0.15) is 5.10 Å². The number of amides is 1. The first-order valence-electron chi connectivity index (χ1n) is 8.74. The number of aromatic nitrogens is 2. The fourth-order valence-corrected chi connectivity index (χ4v) is 3.54. The Morgan fingerprint density at radius 2 is 1.82 bits per heavy atom. The number of carbonyl (C=O) groups excluding carboxylic acids is 2. The maximum Gasteiger partial charge on any atom is 0.339 e. The van der Waals surface area contributed by atoms with Crippen LogP contribution in [-0.2, 0) is 16.1 Å². The molecule has 0 aliphatic carbocycles. The van der Waals surface area contributed by atoms with Gasteiger partial charge in [0.2, 0.25) is 5.91 Å². The zero-order valence-corrected chi connectivity index (χ0v) is 16.5. The van der Waals surface area contributed by atoms with Crippen molar-refractivity contribution in [2.24, 2.45) is 5.73 Å². The SMILES string of the molecule is Cc1cc(C)n(-c2ccc(COC(=O)c3ccccc3SCC(N)=O)cc2)n1. The summed E-state index contributed by atoms with van der Waals surface area (Å²) in [6, 6.07) is 16.7. The van der Waals surface area contributed by atoms with E-state index < -0.39 is 11.9 Å². The normalized spacial score (nSPS) is 10.6. The Kier molecular flexibility index (Phi) is 6.16. The van der Waals surface area contributed by atoms with Gasteiger partial charge in [0.05, 0.1) is 22.7 Å². The number of ether oxygens (including phenoxy) is 1. The summed E-state index contributed by atoms with van der Waals surface area (Å²) in [6.07, 6.45) is 0. The molecule has 1 amide bonds. The van der Waals surface area contributed by atoms with Crippen molar-refractivity contribution in [3.63, 3.8) is 0 Å². The molecule has 2 aromatic carbocycles. The first-order chi connectivity index (χ1) is 13.4. The van der Waals surface area contributed by atoms with Gasteiger partial charge in [-0.1, -0.05) is 24.3 Å². The van der Waals surface area contributed by atoms with E-state index in [0.717, 1.165) is 22.6 Å². The highest BCUT2D eigenvalue weighted by Crippen LogP contribution is 2.23. The van der Waals surface area contributed by atoms with Crippen LogP contribution in [0.25, 0.3) is 5.69 Å². The van der Waals surface area contributed by atoms with Crippen molar-refractivity contribution in [3.05, 3.63) is 77.1 Å². The highest BCUT2D eigenvalue weighted by molar-refractivity contribution is 8.00. The Morgan fingerprint density at radius 3 is 2.46 bits per heavy atom. The van der Waals surface area contributed by atoms with E-state index >= 15 is 0 Å². The maximum absolute atomic E-state index is 12.5. The van der Waals surface area contributed by atoms with E-state index in [0.29, 0.717) is 10.5 Å². The van der Waals surface area contributed by atoms with Crippen molar-refractivity contribution >= 4 is 23.6 Å². The van der Waals surface area contributed by atoms with E-state index in [2.05, 4.69) is 5.10 Å². The quantitative estimate of drug-likeness (QED) is 0.489. The predicted molar refractivity (Wildman–Crippen MR) is 109 cm³/mol. The molecule has 7 heteroatoms. The van der Waals surface area contributed by atoms with E-state index in [1.165, 1.54) is 11.8 Å². The lowest BCUT2D eigenvalue weighted by Gasteiger charge is -2.10. The highest BCUT2D eigenvalue weighted by atomic mass is 32.2. The zero-order chi connectivity index (χ0) is 20.1. The van der Waals surface area contributed by atoms with Crippen LogP contribution in [0.2, 0.25) is 0 Å². The number of nitrogens with zero attached hydrogens (tertiary/aromatic N) is 2. The minimum Gasteiger partial charge on any atom is -0.457 e. The molecule has 0 aliphatic rings. The van der Waals surface area contributed by atoms with Gasteiger partial charge in [0, 0.05) is 10.6 Å². The lowest BCUT2D eigenvalue weighted by Crippen LogP contribution is -2.14. The number of hydrogen-bond donors (Lipinski definition) is 1. The summed E-state index contributed by atoms with van der Waals surface area (Å²) in [5.41, 5.74) is 9.46. The summed E-state index contributed by atoms with van der Waals surface area (Å²) in [7, 11) is 0. The summed E-state index contributed by atoms with van der Waals surface area (Å²) >= 11 is 1.22. The molecule has 6 nitrogen and oxygen atoms in total. The van der Waals surface area contributed by atoms with Gasteiger partial charge >= 0.3 is 5.97 Å². The molecule has 144 valence electrons. The summed E-state index contributed by atoms with van der Waals surface area (Å²) in [4.78, 5) is 24.1. The van der Waals surface area contributed by atoms with Gasteiger partial charge in [-0.15, -0.1) is 11.8 Å². The smallest absolute Gasteiger partial charge is 0.339 e. The van der Waals surface area contributed by atoms with E-state index in [-0.39, 0.29) is 12.4 Å². The third kappa shape index (κ3) is 4.80. The highest BCUT2D eigenvalue weighted by Gasteiger charge is 2.14. The molecule has 28 heavy (non-hydrogen) atoms.